The standard InChI is InChI=1S/C9H8N2O3/c1-13-8(12)4-3-7-9(14-2)11-6-5-10-7/h5-6H,1-2H3. The van der Waals surface area contributed by atoms with Crippen molar-refractivity contribution in [2.24, 2.45) is 0 Å². The largest absolute Gasteiger partial charge is 0.479 e. The second-order valence-electron chi connectivity index (χ2n) is 2.16. The molecule has 0 aliphatic carbocycles. The van der Waals surface area contributed by atoms with Crippen LogP contribution in [-0.2, 0) is 9.53 Å². The fraction of sp³-hybridized carbons (Fsp3) is 0.222. The Morgan fingerprint density at radius 3 is 2.71 bits per heavy atom. The van der Waals surface area contributed by atoms with Crippen LogP contribution >= 0.6 is 0 Å². The topological polar surface area (TPSA) is 61.3 Å². The molecule has 0 saturated carbocycles. The highest BCUT2D eigenvalue weighted by Crippen LogP contribution is 2.07. The summed E-state index contributed by atoms with van der Waals surface area (Å²) in [5.41, 5.74) is 0.306. The molecule has 0 fully saturated rings. The van der Waals surface area contributed by atoms with Crippen molar-refractivity contribution in [3.05, 3.63) is 18.1 Å². The molecule has 0 unspecified atom stereocenters. The summed E-state index contributed by atoms with van der Waals surface area (Å²) < 4.78 is 9.23. The van der Waals surface area contributed by atoms with Crippen molar-refractivity contribution in [1.82, 2.24) is 9.97 Å². The zero-order chi connectivity index (χ0) is 10.4. The zero-order valence-corrected chi connectivity index (χ0v) is 7.77. The number of esters is 1. The first-order chi connectivity index (χ1) is 6.77. The monoisotopic (exact) mass is 192 g/mol. The van der Waals surface area contributed by atoms with Crippen LogP contribution in [0.3, 0.4) is 0 Å². The van der Waals surface area contributed by atoms with Crippen molar-refractivity contribution in [3.63, 3.8) is 0 Å². The van der Waals surface area contributed by atoms with Crippen molar-refractivity contribution in [3.8, 4) is 17.7 Å². The van der Waals surface area contributed by atoms with E-state index < -0.39 is 5.97 Å². The third-order valence-electron chi connectivity index (χ3n) is 1.33. The minimum Gasteiger partial charge on any atom is -0.479 e. The Kier molecular flexibility index (Phi) is 3.44. The van der Waals surface area contributed by atoms with Crippen LogP contribution in [0.1, 0.15) is 5.69 Å². The average molecular weight is 192 g/mol. The Labute approximate surface area is 81.1 Å². The molecular formula is C9H8N2O3. The van der Waals surface area contributed by atoms with E-state index in [2.05, 4.69) is 26.5 Å². The average Bonchev–Trinajstić information content (AvgIpc) is 2.26. The molecule has 1 heterocycles. The van der Waals surface area contributed by atoms with Gasteiger partial charge in [-0.25, -0.2) is 14.8 Å². The SMILES string of the molecule is COC(=O)C#Cc1nccnc1OC. The number of carbonyl (C=O) groups is 1. The molecule has 1 aromatic heterocycles. The van der Waals surface area contributed by atoms with Gasteiger partial charge in [0.05, 0.1) is 14.2 Å². The predicted octanol–water partition coefficient (Wildman–Crippen LogP) is 0.00970. The van der Waals surface area contributed by atoms with Gasteiger partial charge in [-0.3, -0.25) is 0 Å². The summed E-state index contributed by atoms with van der Waals surface area (Å²) in [5.74, 6) is 4.38. The van der Waals surface area contributed by atoms with E-state index >= 15 is 0 Å². The number of rotatable bonds is 1. The lowest BCUT2D eigenvalue weighted by molar-refractivity contribution is -0.133. The summed E-state index contributed by atoms with van der Waals surface area (Å²) in [5, 5.41) is 0. The maximum atomic E-state index is 10.7. The number of carbonyl (C=O) groups excluding carboxylic acids is 1. The van der Waals surface area contributed by atoms with Gasteiger partial charge < -0.3 is 9.47 Å². The highest BCUT2D eigenvalue weighted by molar-refractivity contribution is 5.88. The lowest BCUT2D eigenvalue weighted by Crippen LogP contribution is -1.97. The minimum atomic E-state index is -0.627. The molecular weight excluding hydrogens is 184 g/mol. The number of aromatic nitrogens is 2. The molecule has 0 aliphatic heterocycles. The van der Waals surface area contributed by atoms with Crippen LogP contribution in [0.5, 0.6) is 5.88 Å². The highest BCUT2D eigenvalue weighted by atomic mass is 16.5. The van der Waals surface area contributed by atoms with Crippen molar-refractivity contribution in [2.75, 3.05) is 14.2 Å². The molecule has 0 radical (unpaired) electrons. The predicted molar refractivity (Wildman–Crippen MR) is 47.5 cm³/mol. The van der Waals surface area contributed by atoms with Crippen LogP contribution in [0.25, 0.3) is 0 Å². The molecule has 14 heavy (non-hydrogen) atoms. The van der Waals surface area contributed by atoms with Crippen molar-refractivity contribution < 1.29 is 14.3 Å². The molecule has 5 heteroatoms. The Morgan fingerprint density at radius 1 is 1.36 bits per heavy atom. The van der Waals surface area contributed by atoms with Gasteiger partial charge in [-0.2, -0.15) is 0 Å². The molecule has 0 amide bonds. The summed E-state index contributed by atoms with van der Waals surface area (Å²) in [6.45, 7) is 0. The smallest absolute Gasteiger partial charge is 0.384 e. The van der Waals surface area contributed by atoms with Crippen LogP contribution in [0.4, 0.5) is 0 Å². The number of nitrogens with zero attached hydrogens (tertiary/aromatic N) is 2. The highest BCUT2D eigenvalue weighted by Gasteiger charge is 2.01. The van der Waals surface area contributed by atoms with Crippen LogP contribution in [0.15, 0.2) is 12.4 Å². The molecule has 72 valence electrons. The minimum absolute atomic E-state index is 0.281. The van der Waals surface area contributed by atoms with Gasteiger partial charge in [-0.05, 0) is 5.92 Å². The van der Waals surface area contributed by atoms with E-state index in [9.17, 15) is 4.79 Å². The second kappa shape index (κ2) is 4.82. The number of hydrogen-bond acceptors (Lipinski definition) is 5. The maximum Gasteiger partial charge on any atom is 0.384 e. The molecule has 0 N–H and O–H groups in total. The lowest BCUT2D eigenvalue weighted by atomic mass is 10.4. The van der Waals surface area contributed by atoms with Gasteiger partial charge in [0.15, 0.2) is 5.69 Å². The van der Waals surface area contributed by atoms with E-state index in [1.165, 1.54) is 26.6 Å². The fourth-order valence-electron chi connectivity index (χ4n) is 0.722. The fourth-order valence-corrected chi connectivity index (χ4v) is 0.722. The Morgan fingerprint density at radius 2 is 2.07 bits per heavy atom. The summed E-state index contributed by atoms with van der Waals surface area (Å²) >= 11 is 0. The van der Waals surface area contributed by atoms with E-state index in [-0.39, 0.29) is 5.88 Å². The van der Waals surface area contributed by atoms with Crippen LogP contribution in [-0.4, -0.2) is 30.2 Å². The second-order valence-corrected chi connectivity index (χ2v) is 2.16. The van der Waals surface area contributed by atoms with E-state index in [1.54, 1.807) is 0 Å². The molecule has 5 nitrogen and oxygen atoms in total. The van der Waals surface area contributed by atoms with Crippen molar-refractivity contribution in [2.45, 2.75) is 0 Å². The quantitative estimate of drug-likeness (QED) is 0.463. The molecule has 0 saturated heterocycles. The van der Waals surface area contributed by atoms with Gasteiger partial charge in [0.1, 0.15) is 0 Å². The van der Waals surface area contributed by atoms with Crippen LogP contribution < -0.4 is 4.74 Å². The molecule has 1 rings (SSSR count). The van der Waals surface area contributed by atoms with Gasteiger partial charge in [0.25, 0.3) is 0 Å². The molecule has 0 aliphatic rings. The van der Waals surface area contributed by atoms with Gasteiger partial charge >= 0.3 is 5.97 Å². The normalized spacial score (nSPS) is 8.43. The van der Waals surface area contributed by atoms with Crippen LogP contribution in [0.2, 0.25) is 0 Å². The molecule has 0 atom stereocenters. The van der Waals surface area contributed by atoms with Gasteiger partial charge in [-0.1, -0.05) is 0 Å². The third kappa shape index (κ3) is 2.45. The lowest BCUT2D eigenvalue weighted by Gasteiger charge is -1.97. The Hall–Kier alpha value is -2.09. The Bertz CT molecular complexity index is 393. The summed E-state index contributed by atoms with van der Waals surface area (Å²) in [7, 11) is 2.71. The van der Waals surface area contributed by atoms with Gasteiger partial charge in [0.2, 0.25) is 5.88 Å². The molecule has 0 aromatic carbocycles. The molecule has 1 aromatic rings. The molecule has 0 spiro atoms. The van der Waals surface area contributed by atoms with Crippen molar-refractivity contribution >= 4 is 5.97 Å². The molecule has 0 bridgehead atoms. The van der Waals surface area contributed by atoms with Crippen molar-refractivity contribution in [1.29, 1.82) is 0 Å². The number of ether oxygens (including phenoxy) is 2. The number of methoxy groups -OCH3 is 2. The van der Waals surface area contributed by atoms with E-state index in [4.69, 9.17) is 4.74 Å². The summed E-state index contributed by atoms with van der Waals surface area (Å²) in [6.07, 6.45) is 2.94. The number of hydrogen-bond donors (Lipinski definition) is 0. The third-order valence-corrected chi connectivity index (χ3v) is 1.33. The first kappa shape index (κ1) is 9.99. The van der Waals surface area contributed by atoms with E-state index in [1.807, 2.05) is 0 Å². The Balaban J connectivity index is 2.94. The van der Waals surface area contributed by atoms with Gasteiger partial charge in [0, 0.05) is 18.3 Å². The van der Waals surface area contributed by atoms with Crippen LogP contribution in [0, 0.1) is 11.8 Å². The maximum absolute atomic E-state index is 10.7. The first-order valence-electron chi connectivity index (χ1n) is 3.73. The first-order valence-corrected chi connectivity index (χ1v) is 3.73. The van der Waals surface area contributed by atoms with E-state index in [0.717, 1.165) is 0 Å². The summed E-state index contributed by atoms with van der Waals surface area (Å²) in [6, 6.07) is 0. The zero-order valence-electron chi connectivity index (χ0n) is 7.77. The van der Waals surface area contributed by atoms with E-state index in [0.29, 0.717) is 5.69 Å². The van der Waals surface area contributed by atoms with Gasteiger partial charge in [-0.15, -0.1) is 0 Å². The summed E-state index contributed by atoms with van der Waals surface area (Å²) in [4.78, 5) is 18.4.